The summed E-state index contributed by atoms with van der Waals surface area (Å²) in [4.78, 5) is 24.9. The van der Waals surface area contributed by atoms with Gasteiger partial charge in [0.2, 0.25) is 0 Å². The zero-order chi connectivity index (χ0) is 9.84. The number of nitrogens with zero attached hydrogens (tertiary/aromatic N) is 1. The molecule has 1 aromatic rings. The van der Waals surface area contributed by atoms with E-state index in [9.17, 15) is 9.59 Å². The standard InChI is InChI=1S/C7H8N4O2/c8-6(12)5-4(11-7(9)13)2-1-3-10-5/h1-3H,(H2,8,12)(H3,9,11,13). The van der Waals surface area contributed by atoms with Crippen LogP contribution in [0.5, 0.6) is 0 Å². The molecule has 1 heterocycles. The molecule has 6 nitrogen and oxygen atoms in total. The second-order valence-electron chi connectivity index (χ2n) is 2.25. The molecule has 68 valence electrons. The SMILES string of the molecule is NC(=O)Nc1cccnc1C(N)=O. The minimum Gasteiger partial charge on any atom is -0.364 e. The zero-order valence-corrected chi connectivity index (χ0v) is 6.65. The van der Waals surface area contributed by atoms with E-state index >= 15 is 0 Å². The number of rotatable bonds is 2. The molecule has 0 aliphatic heterocycles. The number of hydrogen-bond donors (Lipinski definition) is 3. The first-order valence-electron chi connectivity index (χ1n) is 3.42. The van der Waals surface area contributed by atoms with Crippen LogP contribution in [0.3, 0.4) is 0 Å². The van der Waals surface area contributed by atoms with Crippen molar-refractivity contribution < 1.29 is 9.59 Å². The van der Waals surface area contributed by atoms with E-state index in [-0.39, 0.29) is 11.4 Å². The minimum absolute atomic E-state index is 0.0127. The summed E-state index contributed by atoms with van der Waals surface area (Å²) >= 11 is 0. The van der Waals surface area contributed by atoms with E-state index in [1.165, 1.54) is 12.3 Å². The smallest absolute Gasteiger partial charge is 0.316 e. The maximum absolute atomic E-state index is 10.8. The lowest BCUT2D eigenvalue weighted by atomic mass is 10.3. The van der Waals surface area contributed by atoms with Crippen LogP contribution in [-0.4, -0.2) is 16.9 Å². The molecule has 0 radical (unpaired) electrons. The Bertz CT molecular complexity index is 350. The highest BCUT2D eigenvalue weighted by Crippen LogP contribution is 2.10. The number of primary amides is 2. The number of pyridine rings is 1. The van der Waals surface area contributed by atoms with Crippen molar-refractivity contribution in [2.45, 2.75) is 0 Å². The van der Waals surface area contributed by atoms with Crippen molar-refractivity contribution in [3.8, 4) is 0 Å². The quantitative estimate of drug-likeness (QED) is 0.579. The van der Waals surface area contributed by atoms with Gasteiger partial charge in [-0.25, -0.2) is 9.78 Å². The summed E-state index contributed by atoms with van der Waals surface area (Å²) in [5, 5.41) is 2.23. The molecule has 0 atom stereocenters. The van der Waals surface area contributed by atoms with Gasteiger partial charge in [-0.1, -0.05) is 0 Å². The van der Waals surface area contributed by atoms with Gasteiger partial charge < -0.3 is 16.8 Å². The highest BCUT2D eigenvalue weighted by Gasteiger charge is 2.09. The monoisotopic (exact) mass is 180 g/mol. The van der Waals surface area contributed by atoms with E-state index in [4.69, 9.17) is 11.5 Å². The lowest BCUT2D eigenvalue weighted by molar-refractivity contribution is 0.0996. The maximum Gasteiger partial charge on any atom is 0.316 e. The van der Waals surface area contributed by atoms with Gasteiger partial charge in [-0.15, -0.1) is 0 Å². The number of nitrogens with one attached hydrogen (secondary N) is 1. The molecule has 0 fully saturated rings. The third-order valence-electron chi connectivity index (χ3n) is 1.30. The normalized spacial score (nSPS) is 9.23. The molecule has 0 aliphatic carbocycles. The van der Waals surface area contributed by atoms with E-state index in [1.807, 2.05) is 0 Å². The van der Waals surface area contributed by atoms with Crippen LogP contribution in [0.1, 0.15) is 10.5 Å². The Morgan fingerprint density at radius 3 is 2.62 bits per heavy atom. The molecular formula is C7H8N4O2. The van der Waals surface area contributed by atoms with Gasteiger partial charge in [0.15, 0.2) is 5.69 Å². The maximum atomic E-state index is 10.8. The van der Waals surface area contributed by atoms with Gasteiger partial charge in [0.25, 0.3) is 5.91 Å². The molecule has 0 spiro atoms. The summed E-state index contributed by atoms with van der Waals surface area (Å²) in [6.07, 6.45) is 1.40. The van der Waals surface area contributed by atoms with Crippen LogP contribution in [0.15, 0.2) is 18.3 Å². The molecule has 1 aromatic heterocycles. The van der Waals surface area contributed by atoms with Crippen LogP contribution in [0.25, 0.3) is 0 Å². The lowest BCUT2D eigenvalue weighted by Crippen LogP contribution is -2.23. The minimum atomic E-state index is -0.768. The highest BCUT2D eigenvalue weighted by atomic mass is 16.2. The Hall–Kier alpha value is -2.11. The van der Waals surface area contributed by atoms with Gasteiger partial charge in [0, 0.05) is 6.20 Å². The van der Waals surface area contributed by atoms with Crippen molar-refractivity contribution >= 4 is 17.6 Å². The van der Waals surface area contributed by atoms with Gasteiger partial charge in [0.1, 0.15) is 0 Å². The van der Waals surface area contributed by atoms with Gasteiger partial charge in [0.05, 0.1) is 5.69 Å². The van der Waals surface area contributed by atoms with Crippen LogP contribution in [0.4, 0.5) is 10.5 Å². The Morgan fingerprint density at radius 2 is 2.08 bits per heavy atom. The summed E-state index contributed by atoms with van der Waals surface area (Å²) in [5.74, 6) is -0.718. The molecular weight excluding hydrogens is 172 g/mol. The summed E-state index contributed by atoms with van der Waals surface area (Å²) in [6.45, 7) is 0. The summed E-state index contributed by atoms with van der Waals surface area (Å²) in [6, 6.07) is 2.27. The molecule has 0 aliphatic rings. The summed E-state index contributed by atoms with van der Waals surface area (Å²) in [5.41, 5.74) is 10.1. The Labute approximate surface area is 73.9 Å². The van der Waals surface area contributed by atoms with E-state index < -0.39 is 11.9 Å². The van der Waals surface area contributed by atoms with Crippen LogP contribution in [-0.2, 0) is 0 Å². The third kappa shape index (κ3) is 2.16. The fraction of sp³-hybridized carbons (Fsp3) is 0. The van der Waals surface area contributed by atoms with E-state index in [0.29, 0.717) is 0 Å². The van der Waals surface area contributed by atoms with Crippen LogP contribution < -0.4 is 16.8 Å². The first-order chi connectivity index (χ1) is 6.11. The number of carbonyl (C=O) groups is 2. The van der Waals surface area contributed by atoms with Gasteiger partial charge in [-0.05, 0) is 12.1 Å². The zero-order valence-electron chi connectivity index (χ0n) is 6.65. The van der Waals surface area contributed by atoms with Crippen molar-refractivity contribution in [1.82, 2.24) is 4.98 Å². The molecule has 6 heteroatoms. The number of aromatic nitrogens is 1. The predicted octanol–water partition coefficient (Wildman–Crippen LogP) is -0.329. The second kappa shape index (κ2) is 3.53. The second-order valence-corrected chi connectivity index (χ2v) is 2.25. The van der Waals surface area contributed by atoms with Crippen molar-refractivity contribution in [3.05, 3.63) is 24.0 Å². The lowest BCUT2D eigenvalue weighted by Gasteiger charge is -2.04. The fourth-order valence-corrected chi connectivity index (χ4v) is 0.835. The average Bonchev–Trinajstić information content (AvgIpc) is 2.03. The molecule has 0 saturated carbocycles. The van der Waals surface area contributed by atoms with Gasteiger partial charge >= 0.3 is 6.03 Å². The van der Waals surface area contributed by atoms with Crippen LogP contribution >= 0.6 is 0 Å². The van der Waals surface area contributed by atoms with Crippen molar-refractivity contribution in [2.75, 3.05) is 5.32 Å². The predicted molar refractivity (Wildman–Crippen MR) is 46.0 cm³/mol. The molecule has 1 rings (SSSR count). The Kier molecular flexibility index (Phi) is 2.44. The van der Waals surface area contributed by atoms with Gasteiger partial charge in [-0.2, -0.15) is 0 Å². The molecule has 0 bridgehead atoms. The molecule has 13 heavy (non-hydrogen) atoms. The molecule has 3 amide bonds. The molecule has 5 N–H and O–H groups in total. The van der Waals surface area contributed by atoms with Crippen molar-refractivity contribution in [3.63, 3.8) is 0 Å². The molecule has 0 unspecified atom stereocenters. The van der Waals surface area contributed by atoms with Crippen molar-refractivity contribution in [2.24, 2.45) is 11.5 Å². The molecule has 0 saturated heterocycles. The number of urea groups is 1. The van der Waals surface area contributed by atoms with E-state index in [0.717, 1.165) is 0 Å². The van der Waals surface area contributed by atoms with Crippen LogP contribution in [0.2, 0.25) is 0 Å². The van der Waals surface area contributed by atoms with Crippen LogP contribution in [0, 0.1) is 0 Å². The van der Waals surface area contributed by atoms with Crippen molar-refractivity contribution in [1.29, 1.82) is 0 Å². The topological polar surface area (TPSA) is 111 Å². The number of nitrogens with two attached hydrogens (primary N) is 2. The van der Waals surface area contributed by atoms with E-state index in [1.54, 1.807) is 6.07 Å². The summed E-state index contributed by atoms with van der Waals surface area (Å²) < 4.78 is 0. The fourth-order valence-electron chi connectivity index (χ4n) is 0.835. The Balaban J connectivity index is 3.04. The molecule has 0 aromatic carbocycles. The Morgan fingerprint density at radius 1 is 1.38 bits per heavy atom. The highest BCUT2D eigenvalue weighted by molar-refractivity contribution is 6.00. The first kappa shape index (κ1) is 8.98. The number of hydrogen-bond acceptors (Lipinski definition) is 3. The van der Waals surface area contributed by atoms with E-state index in [2.05, 4.69) is 10.3 Å². The third-order valence-corrected chi connectivity index (χ3v) is 1.30. The largest absolute Gasteiger partial charge is 0.364 e. The average molecular weight is 180 g/mol. The van der Waals surface area contributed by atoms with Gasteiger partial charge in [-0.3, -0.25) is 4.79 Å². The number of amides is 3. The first-order valence-corrected chi connectivity index (χ1v) is 3.42. The number of carbonyl (C=O) groups excluding carboxylic acids is 2. The number of anilines is 1. The summed E-state index contributed by atoms with van der Waals surface area (Å²) in [7, 11) is 0.